The maximum absolute atomic E-state index is 13.0. The standard InChI is InChI=1S/C20H16O3S/c1-10(2)17(21)15-9-11-7-8-14-16(20(11)24-15)19(23)13-6-4-3-5-12(13)18(14)22/h3-10,17,21H,1-2H3. The average molecular weight is 336 g/mol. The lowest BCUT2D eigenvalue weighted by atomic mass is 9.83. The third-order valence-electron chi connectivity index (χ3n) is 4.52. The number of aliphatic hydroxyl groups is 1. The van der Waals surface area contributed by atoms with Gasteiger partial charge in [0, 0.05) is 26.3 Å². The highest BCUT2D eigenvalue weighted by atomic mass is 32.1. The lowest BCUT2D eigenvalue weighted by Crippen LogP contribution is -2.20. The number of aliphatic hydroxyl groups excluding tert-OH is 1. The van der Waals surface area contributed by atoms with Gasteiger partial charge in [-0.25, -0.2) is 0 Å². The molecule has 0 saturated heterocycles. The first kappa shape index (κ1) is 15.2. The van der Waals surface area contributed by atoms with Crippen molar-refractivity contribution in [2.45, 2.75) is 20.0 Å². The van der Waals surface area contributed by atoms with Crippen LogP contribution in [-0.4, -0.2) is 16.7 Å². The molecule has 24 heavy (non-hydrogen) atoms. The summed E-state index contributed by atoms with van der Waals surface area (Å²) in [5.41, 5.74) is 1.86. The van der Waals surface area contributed by atoms with Gasteiger partial charge in [0.25, 0.3) is 0 Å². The maximum Gasteiger partial charge on any atom is 0.195 e. The van der Waals surface area contributed by atoms with Crippen LogP contribution in [0.5, 0.6) is 0 Å². The third kappa shape index (κ3) is 2.07. The molecule has 3 aromatic rings. The van der Waals surface area contributed by atoms with E-state index < -0.39 is 6.10 Å². The van der Waals surface area contributed by atoms with E-state index in [1.807, 2.05) is 26.0 Å². The number of hydrogen-bond donors (Lipinski definition) is 1. The molecule has 4 rings (SSSR count). The van der Waals surface area contributed by atoms with Crippen LogP contribution in [0.1, 0.15) is 56.7 Å². The monoisotopic (exact) mass is 336 g/mol. The van der Waals surface area contributed by atoms with E-state index in [-0.39, 0.29) is 17.5 Å². The Morgan fingerprint density at radius 3 is 2.25 bits per heavy atom. The molecule has 1 atom stereocenters. The molecule has 1 aliphatic carbocycles. The molecule has 0 aliphatic heterocycles. The maximum atomic E-state index is 13.0. The summed E-state index contributed by atoms with van der Waals surface area (Å²) in [6.45, 7) is 3.91. The molecule has 3 nitrogen and oxygen atoms in total. The van der Waals surface area contributed by atoms with Gasteiger partial charge in [-0.1, -0.05) is 44.2 Å². The quantitative estimate of drug-likeness (QED) is 0.591. The van der Waals surface area contributed by atoms with E-state index >= 15 is 0 Å². The summed E-state index contributed by atoms with van der Waals surface area (Å²) >= 11 is 1.41. The summed E-state index contributed by atoms with van der Waals surface area (Å²) in [5, 5.41) is 11.2. The summed E-state index contributed by atoms with van der Waals surface area (Å²) in [6.07, 6.45) is -0.570. The van der Waals surface area contributed by atoms with Crippen LogP contribution >= 0.6 is 11.3 Å². The molecule has 0 radical (unpaired) electrons. The van der Waals surface area contributed by atoms with E-state index in [0.29, 0.717) is 22.3 Å². The fourth-order valence-electron chi connectivity index (χ4n) is 3.17. The molecular weight excluding hydrogens is 320 g/mol. The second-order valence-corrected chi connectivity index (χ2v) is 7.53. The summed E-state index contributed by atoms with van der Waals surface area (Å²) in [6, 6.07) is 12.5. The van der Waals surface area contributed by atoms with Crippen LogP contribution in [0.2, 0.25) is 0 Å². The van der Waals surface area contributed by atoms with Crippen molar-refractivity contribution in [2.24, 2.45) is 5.92 Å². The minimum Gasteiger partial charge on any atom is -0.387 e. The Labute approximate surface area is 143 Å². The normalized spacial score (nSPS) is 14.8. The topological polar surface area (TPSA) is 54.4 Å². The largest absolute Gasteiger partial charge is 0.387 e. The van der Waals surface area contributed by atoms with Crippen molar-refractivity contribution < 1.29 is 14.7 Å². The fraction of sp³-hybridized carbons (Fsp3) is 0.200. The van der Waals surface area contributed by atoms with Crippen LogP contribution in [0.25, 0.3) is 10.1 Å². The first-order chi connectivity index (χ1) is 11.5. The minimum absolute atomic E-state index is 0.0898. The SMILES string of the molecule is CC(C)C(O)c1cc2ccc3c(c2s1)C(=O)c1ccccc1C3=O. The molecule has 120 valence electrons. The first-order valence-corrected chi connectivity index (χ1v) is 8.73. The first-order valence-electron chi connectivity index (χ1n) is 7.92. The molecule has 0 fully saturated rings. The van der Waals surface area contributed by atoms with Crippen molar-refractivity contribution in [3.8, 4) is 0 Å². The van der Waals surface area contributed by atoms with Crippen molar-refractivity contribution in [3.05, 3.63) is 69.6 Å². The van der Waals surface area contributed by atoms with Gasteiger partial charge in [-0.15, -0.1) is 11.3 Å². The molecule has 0 amide bonds. The minimum atomic E-state index is -0.570. The number of hydrogen-bond acceptors (Lipinski definition) is 4. The molecule has 2 aromatic carbocycles. The van der Waals surface area contributed by atoms with E-state index in [2.05, 4.69) is 0 Å². The van der Waals surface area contributed by atoms with Crippen LogP contribution in [0.15, 0.2) is 42.5 Å². The molecule has 1 N–H and O–H groups in total. The molecule has 1 unspecified atom stereocenters. The van der Waals surface area contributed by atoms with Gasteiger partial charge in [0.15, 0.2) is 11.6 Å². The van der Waals surface area contributed by atoms with Gasteiger partial charge in [-0.3, -0.25) is 9.59 Å². The molecule has 1 aromatic heterocycles. The Balaban J connectivity index is 1.98. The van der Waals surface area contributed by atoms with Crippen molar-refractivity contribution in [2.75, 3.05) is 0 Å². The number of rotatable bonds is 2. The smallest absolute Gasteiger partial charge is 0.195 e. The Kier molecular flexibility index (Phi) is 3.41. The van der Waals surface area contributed by atoms with E-state index in [1.165, 1.54) is 11.3 Å². The van der Waals surface area contributed by atoms with Gasteiger partial charge in [0.05, 0.1) is 11.7 Å². The zero-order chi connectivity index (χ0) is 17.0. The van der Waals surface area contributed by atoms with E-state index in [1.54, 1.807) is 30.3 Å². The van der Waals surface area contributed by atoms with Crippen molar-refractivity contribution in [3.63, 3.8) is 0 Å². The second kappa shape index (κ2) is 5.36. The number of ketones is 2. The van der Waals surface area contributed by atoms with Gasteiger partial charge in [0.1, 0.15) is 0 Å². The second-order valence-electron chi connectivity index (χ2n) is 6.45. The molecule has 1 aliphatic rings. The molecule has 0 spiro atoms. The lowest BCUT2D eigenvalue weighted by Gasteiger charge is -2.17. The highest BCUT2D eigenvalue weighted by Crippen LogP contribution is 2.39. The number of thiophene rings is 1. The Morgan fingerprint density at radius 2 is 1.58 bits per heavy atom. The van der Waals surface area contributed by atoms with E-state index in [0.717, 1.165) is 15.0 Å². The third-order valence-corrected chi connectivity index (χ3v) is 5.76. The van der Waals surface area contributed by atoms with Crippen LogP contribution in [0.4, 0.5) is 0 Å². The van der Waals surface area contributed by atoms with Crippen LogP contribution in [-0.2, 0) is 0 Å². The predicted molar refractivity (Wildman–Crippen MR) is 94.9 cm³/mol. The van der Waals surface area contributed by atoms with Gasteiger partial charge in [-0.05, 0) is 23.4 Å². The Hall–Kier alpha value is -2.30. The summed E-state index contributed by atoms with van der Waals surface area (Å²) in [7, 11) is 0. The van der Waals surface area contributed by atoms with Crippen LogP contribution < -0.4 is 0 Å². The summed E-state index contributed by atoms with van der Waals surface area (Å²) in [4.78, 5) is 26.5. The van der Waals surface area contributed by atoms with E-state index in [4.69, 9.17) is 0 Å². The zero-order valence-corrected chi connectivity index (χ0v) is 14.2. The number of fused-ring (bicyclic) bond motifs is 4. The van der Waals surface area contributed by atoms with Gasteiger partial charge < -0.3 is 5.11 Å². The van der Waals surface area contributed by atoms with Gasteiger partial charge in [-0.2, -0.15) is 0 Å². The molecule has 0 bridgehead atoms. The van der Waals surface area contributed by atoms with Crippen molar-refractivity contribution in [1.82, 2.24) is 0 Å². The highest BCUT2D eigenvalue weighted by molar-refractivity contribution is 7.19. The van der Waals surface area contributed by atoms with Crippen molar-refractivity contribution in [1.29, 1.82) is 0 Å². The van der Waals surface area contributed by atoms with Crippen LogP contribution in [0.3, 0.4) is 0 Å². The number of carbonyl (C=O) groups excluding carboxylic acids is 2. The number of carbonyl (C=O) groups is 2. The Morgan fingerprint density at radius 1 is 0.917 bits per heavy atom. The highest BCUT2D eigenvalue weighted by Gasteiger charge is 2.31. The van der Waals surface area contributed by atoms with E-state index in [9.17, 15) is 14.7 Å². The Bertz CT molecular complexity index is 997. The predicted octanol–water partition coefficient (Wildman–Crippen LogP) is 4.37. The van der Waals surface area contributed by atoms with Crippen LogP contribution in [0, 0.1) is 5.92 Å². The summed E-state index contributed by atoms with van der Waals surface area (Å²) in [5.74, 6) is -0.133. The molecular formula is C20H16O3S. The van der Waals surface area contributed by atoms with Crippen molar-refractivity contribution >= 4 is 33.0 Å². The summed E-state index contributed by atoms with van der Waals surface area (Å²) < 4.78 is 0.787. The average Bonchev–Trinajstić information content (AvgIpc) is 3.02. The fourth-order valence-corrected chi connectivity index (χ4v) is 4.53. The zero-order valence-electron chi connectivity index (χ0n) is 13.4. The van der Waals surface area contributed by atoms with Gasteiger partial charge in [0.2, 0.25) is 0 Å². The molecule has 0 saturated carbocycles. The number of benzene rings is 2. The lowest BCUT2D eigenvalue weighted by molar-refractivity contribution is 0.0980. The van der Waals surface area contributed by atoms with Gasteiger partial charge >= 0.3 is 0 Å². The molecule has 4 heteroatoms. The molecule has 1 heterocycles.